The van der Waals surface area contributed by atoms with Crippen LogP contribution in [0.4, 0.5) is 13.2 Å². The van der Waals surface area contributed by atoms with Crippen LogP contribution in [0.3, 0.4) is 0 Å². The van der Waals surface area contributed by atoms with Crippen LogP contribution in [0.5, 0.6) is 0 Å². The summed E-state index contributed by atoms with van der Waals surface area (Å²) < 4.78 is 78.1. The third-order valence-corrected chi connectivity index (χ3v) is 8.08. The molecule has 3 aromatic rings. The second-order valence-corrected chi connectivity index (χ2v) is 10.5. The second kappa shape index (κ2) is 10.7. The molecule has 0 aliphatic carbocycles. The molecule has 1 aromatic heterocycles. The predicted octanol–water partition coefficient (Wildman–Crippen LogP) is 3.75. The highest BCUT2D eigenvalue weighted by Crippen LogP contribution is 2.34. The summed E-state index contributed by atoms with van der Waals surface area (Å²) in [5, 5.41) is -0.195. The molecule has 194 valence electrons. The van der Waals surface area contributed by atoms with E-state index in [0.29, 0.717) is 51.0 Å². The number of sulfonamides is 1. The Hall–Kier alpha value is -2.73. The van der Waals surface area contributed by atoms with E-state index >= 15 is 0 Å². The Morgan fingerprint density at radius 3 is 2.28 bits per heavy atom. The van der Waals surface area contributed by atoms with Crippen LogP contribution in [-0.2, 0) is 27.4 Å². The van der Waals surface area contributed by atoms with Gasteiger partial charge in [-0.2, -0.15) is 17.5 Å². The van der Waals surface area contributed by atoms with E-state index in [9.17, 15) is 26.4 Å². The first-order chi connectivity index (χ1) is 17.1. The minimum Gasteiger partial charge on any atom is -0.423 e. The van der Waals surface area contributed by atoms with Gasteiger partial charge < -0.3 is 9.15 Å². The molecule has 0 atom stereocenters. The lowest BCUT2D eigenvalue weighted by Gasteiger charge is -2.33. The van der Waals surface area contributed by atoms with Gasteiger partial charge in [0.2, 0.25) is 10.0 Å². The van der Waals surface area contributed by atoms with Gasteiger partial charge in [0.15, 0.2) is 0 Å². The Bertz CT molecular complexity index is 1360. The summed E-state index contributed by atoms with van der Waals surface area (Å²) >= 11 is 0. The number of alkyl halides is 3. The van der Waals surface area contributed by atoms with Gasteiger partial charge in [0.25, 0.3) is 0 Å². The zero-order chi connectivity index (χ0) is 25.9. The largest absolute Gasteiger partial charge is 0.423 e. The Morgan fingerprint density at radius 2 is 1.64 bits per heavy atom. The third kappa shape index (κ3) is 5.97. The zero-order valence-corrected chi connectivity index (χ0v) is 20.6. The molecular formula is C25H27F3N2O5S. The number of fused-ring (bicyclic) bond motifs is 1. The summed E-state index contributed by atoms with van der Waals surface area (Å²) in [6, 6.07) is 11.1. The van der Waals surface area contributed by atoms with Crippen LogP contribution in [0.25, 0.3) is 11.0 Å². The van der Waals surface area contributed by atoms with Gasteiger partial charge in [-0.25, -0.2) is 13.2 Å². The lowest BCUT2D eigenvalue weighted by molar-refractivity contribution is -0.136. The first-order valence-electron chi connectivity index (χ1n) is 11.6. The van der Waals surface area contributed by atoms with E-state index in [1.54, 1.807) is 18.2 Å². The van der Waals surface area contributed by atoms with Crippen molar-refractivity contribution < 1.29 is 30.7 Å². The smallest absolute Gasteiger partial charge is 0.417 e. The molecule has 0 spiro atoms. The molecule has 1 aliphatic rings. The number of piperazine rings is 1. The fourth-order valence-electron chi connectivity index (χ4n) is 4.25. The molecule has 0 bridgehead atoms. The van der Waals surface area contributed by atoms with Crippen LogP contribution in [-0.4, -0.2) is 63.6 Å². The predicted molar refractivity (Wildman–Crippen MR) is 128 cm³/mol. The first kappa shape index (κ1) is 26.3. The van der Waals surface area contributed by atoms with Crippen molar-refractivity contribution in [3.63, 3.8) is 0 Å². The molecule has 0 amide bonds. The number of benzene rings is 2. The Morgan fingerprint density at radius 1 is 0.972 bits per heavy atom. The molecule has 7 nitrogen and oxygen atoms in total. The third-order valence-electron chi connectivity index (χ3n) is 6.17. The molecule has 1 fully saturated rings. The van der Waals surface area contributed by atoms with Gasteiger partial charge in [-0.1, -0.05) is 18.2 Å². The van der Waals surface area contributed by atoms with Crippen molar-refractivity contribution in [3.8, 4) is 0 Å². The molecule has 0 unspecified atom stereocenters. The highest BCUT2D eigenvalue weighted by Gasteiger charge is 2.34. The van der Waals surface area contributed by atoms with Crippen molar-refractivity contribution in [2.75, 3.05) is 45.9 Å². The van der Waals surface area contributed by atoms with Gasteiger partial charge in [0.05, 0.1) is 17.1 Å². The van der Waals surface area contributed by atoms with E-state index in [1.807, 2.05) is 6.92 Å². The SMILES string of the molecule is CCOCCN1CCN(S(=O)(=O)c2ccc(Cc3ccc4oc(=O)cc(C(F)(F)F)c4c3)cc2)CC1. The molecule has 0 saturated carbocycles. The average molecular weight is 525 g/mol. The Kier molecular flexibility index (Phi) is 7.84. The molecule has 0 radical (unpaired) electrons. The first-order valence-corrected chi connectivity index (χ1v) is 13.0. The van der Waals surface area contributed by atoms with E-state index in [0.717, 1.165) is 12.1 Å². The van der Waals surface area contributed by atoms with Crippen molar-refractivity contribution >= 4 is 21.0 Å². The van der Waals surface area contributed by atoms with Gasteiger partial charge in [-0.05, 0) is 48.7 Å². The van der Waals surface area contributed by atoms with Crippen molar-refractivity contribution in [1.29, 1.82) is 0 Å². The number of hydrogen-bond acceptors (Lipinski definition) is 6. The molecular weight excluding hydrogens is 497 g/mol. The van der Waals surface area contributed by atoms with Crippen molar-refractivity contribution in [3.05, 3.63) is 75.6 Å². The molecule has 4 rings (SSSR count). The fraction of sp³-hybridized carbons (Fsp3) is 0.400. The van der Waals surface area contributed by atoms with E-state index in [-0.39, 0.29) is 22.3 Å². The van der Waals surface area contributed by atoms with E-state index in [4.69, 9.17) is 9.15 Å². The average Bonchev–Trinajstić information content (AvgIpc) is 2.84. The van der Waals surface area contributed by atoms with Gasteiger partial charge in [-0.15, -0.1) is 0 Å². The number of halogens is 3. The highest BCUT2D eigenvalue weighted by atomic mass is 32.2. The lowest BCUT2D eigenvalue weighted by atomic mass is 10.0. The molecule has 1 saturated heterocycles. The number of hydrogen-bond donors (Lipinski definition) is 0. The van der Waals surface area contributed by atoms with Crippen LogP contribution >= 0.6 is 0 Å². The summed E-state index contributed by atoms with van der Waals surface area (Å²) in [6.07, 6.45) is -4.41. The summed E-state index contributed by atoms with van der Waals surface area (Å²) in [5.74, 6) is 0. The Labute approximate surface area is 207 Å². The zero-order valence-electron chi connectivity index (χ0n) is 19.8. The summed E-state index contributed by atoms with van der Waals surface area (Å²) in [7, 11) is -3.65. The van der Waals surface area contributed by atoms with Crippen molar-refractivity contribution in [2.24, 2.45) is 0 Å². The maximum Gasteiger partial charge on any atom is 0.417 e. The normalized spacial score (nSPS) is 16.0. The van der Waals surface area contributed by atoms with Crippen LogP contribution in [0.15, 0.2) is 62.6 Å². The summed E-state index contributed by atoms with van der Waals surface area (Å²) in [4.78, 5) is 13.8. The van der Waals surface area contributed by atoms with Crippen LogP contribution in [0.2, 0.25) is 0 Å². The van der Waals surface area contributed by atoms with Crippen LogP contribution in [0, 0.1) is 0 Å². The van der Waals surface area contributed by atoms with E-state index in [2.05, 4.69) is 4.90 Å². The number of rotatable bonds is 8. The minimum absolute atomic E-state index is 0.141. The van der Waals surface area contributed by atoms with Gasteiger partial charge >= 0.3 is 11.8 Å². The summed E-state index contributed by atoms with van der Waals surface area (Å²) in [5.41, 5.74) is -0.944. The molecule has 0 N–H and O–H groups in total. The van der Waals surface area contributed by atoms with Crippen LogP contribution < -0.4 is 5.63 Å². The molecule has 1 aliphatic heterocycles. The van der Waals surface area contributed by atoms with Gasteiger partial charge in [0.1, 0.15) is 5.58 Å². The van der Waals surface area contributed by atoms with Crippen molar-refractivity contribution in [2.45, 2.75) is 24.4 Å². The van der Waals surface area contributed by atoms with Gasteiger partial charge in [0, 0.05) is 50.8 Å². The maximum atomic E-state index is 13.4. The molecule has 36 heavy (non-hydrogen) atoms. The summed E-state index contributed by atoms with van der Waals surface area (Å²) in [6.45, 7) is 6.02. The topological polar surface area (TPSA) is 80.1 Å². The fourth-order valence-corrected chi connectivity index (χ4v) is 5.67. The quantitative estimate of drug-likeness (QED) is 0.330. The van der Waals surface area contributed by atoms with Crippen LogP contribution in [0.1, 0.15) is 23.6 Å². The molecule has 2 aromatic carbocycles. The number of ether oxygens (including phenoxy) is 1. The highest BCUT2D eigenvalue weighted by molar-refractivity contribution is 7.89. The minimum atomic E-state index is -4.70. The van der Waals surface area contributed by atoms with E-state index < -0.39 is 27.4 Å². The van der Waals surface area contributed by atoms with Crippen molar-refractivity contribution in [1.82, 2.24) is 9.21 Å². The second-order valence-electron chi connectivity index (χ2n) is 8.57. The van der Waals surface area contributed by atoms with Gasteiger partial charge in [-0.3, -0.25) is 4.90 Å². The Balaban J connectivity index is 1.46. The monoisotopic (exact) mass is 524 g/mol. The standard InChI is InChI=1S/C25H27F3N2O5S/c1-2-34-14-13-29-9-11-30(12-10-29)36(32,33)20-6-3-18(4-7-20)15-19-5-8-23-21(16-19)22(25(26,27)28)17-24(31)35-23/h3-8,16-17H,2,9-15H2,1H3. The maximum absolute atomic E-state index is 13.4. The van der Waals surface area contributed by atoms with E-state index in [1.165, 1.54) is 28.6 Å². The molecule has 2 heterocycles. The number of nitrogens with zero attached hydrogens (tertiary/aromatic N) is 2. The molecule has 11 heteroatoms. The lowest BCUT2D eigenvalue weighted by Crippen LogP contribution is -2.49.